The Bertz CT molecular complexity index is 546. The Morgan fingerprint density at radius 3 is 2.94 bits per heavy atom. The zero-order valence-electron chi connectivity index (χ0n) is 10.1. The lowest BCUT2D eigenvalue weighted by molar-refractivity contribution is 0.187. The fourth-order valence-corrected chi connectivity index (χ4v) is 1.72. The summed E-state index contributed by atoms with van der Waals surface area (Å²) in [7, 11) is 1.33. The number of nitrogens with zero attached hydrogens (tertiary/aromatic N) is 2. The molecule has 0 saturated carbocycles. The zero-order valence-corrected chi connectivity index (χ0v) is 10.1. The Morgan fingerprint density at radius 1 is 1.53 bits per heavy atom. The van der Waals surface area contributed by atoms with E-state index in [0.717, 1.165) is 11.3 Å². The topological polar surface area (TPSA) is 55.6 Å². The summed E-state index contributed by atoms with van der Waals surface area (Å²) >= 11 is 0. The van der Waals surface area contributed by atoms with Crippen molar-refractivity contribution in [3.63, 3.8) is 0 Å². The first-order valence-corrected chi connectivity index (χ1v) is 5.44. The van der Waals surface area contributed by atoms with Crippen molar-refractivity contribution in [1.82, 2.24) is 9.38 Å². The highest BCUT2D eigenvalue weighted by atomic mass is 16.5. The molecule has 1 N–H and O–H groups in total. The van der Waals surface area contributed by atoms with Crippen LogP contribution in [0.5, 0.6) is 0 Å². The summed E-state index contributed by atoms with van der Waals surface area (Å²) in [6, 6.07) is 3.66. The first kappa shape index (κ1) is 11.4. The minimum absolute atomic E-state index is 0.373. The van der Waals surface area contributed by atoms with Gasteiger partial charge in [0, 0.05) is 18.1 Å². The van der Waals surface area contributed by atoms with Gasteiger partial charge < -0.3 is 9.14 Å². The summed E-state index contributed by atoms with van der Waals surface area (Å²) in [6.45, 7) is 4.20. The van der Waals surface area contributed by atoms with Crippen LogP contribution in [0.1, 0.15) is 25.5 Å². The van der Waals surface area contributed by atoms with Crippen LogP contribution in [0.25, 0.3) is 5.65 Å². The fraction of sp³-hybridized carbons (Fsp3) is 0.333. The van der Waals surface area contributed by atoms with Gasteiger partial charge in [0.25, 0.3) is 0 Å². The number of hydrogen-bond acceptors (Lipinski definition) is 3. The van der Waals surface area contributed by atoms with Crippen LogP contribution in [0.15, 0.2) is 24.5 Å². The molecular formula is C12H15N3O2. The largest absolute Gasteiger partial charge is 0.453 e. The summed E-state index contributed by atoms with van der Waals surface area (Å²) in [5, 5.41) is 2.64. The number of nitrogens with one attached hydrogen (secondary N) is 1. The van der Waals surface area contributed by atoms with Gasteiger partial charge in [0.05, 0.1) is 12.8 Å². The SMILES string of the molecule is COC(=O)Nc1cccn2c(C(C)C)cnc12. The molecule has 2 rings (SSSR count). The molecule has 0 atom stereocenters. The number of imidazole rings is 1. The lowest BCUT2D eigenvalue weighted by Gasteiger charge is -2.07. The van der Waals surface area contributed by atoms with Crippen molar-refractivity contribution in [3.8, 4) is 0 Å². The van der Waals surface area contributed by atoms with Gasteiger partial charge in [-0.1, -0.05) is 13.8 Å². The monoisotopic (exact) mass is 233 g/mol. The molecule has 0 aromatic carbocycles. The molecule has 0 unspecified atom stereocenters. The van der Waals surface area contributed by atoms with Crippen LogP contribution in [-0.4, -0.2) is 22.6 Å². The van der Waals surface area contributed by atoms with Crippen molar-refractivity contribution in [2.24, 2.45) is 0 Å². The number of carbonyl (C=O) groups is 1. The number of pyridine rings is 1. The van der Waals surface area contributed by atoms with Gasteiger partial charge in [0.2, 0.25) is 0 Å². The number of methoxy groups -OCH3 is 1. The molecule has 0 bridgehead atoms. The van der Waals surface area contributed by atoms with Crippen molar-refractivity contribution >= 4 is 17.4 Å². The number of carbonyl (C=O) groups excluding carboxylic acids is 1. The molecule has 90 valence electrons. The highest BCUT2D eigenvalue weighted by Gasteiger charge is 2.11. The molecule has 1 amide bonds. The van der Waals surface area contributed by atoms with E-state index in [4.69, 9.17) is 0 Å². The number of anilines is 1. The van der Waals surface area contributed by atoms with Gasteiger partial charge in [0.1, 0.15) is 0 Å². The van der Waals surface area contributed by atoms with E-state index in [9.17, 15) is 4.79 Å². The van der Waals surface area contributed by atoms with Gasteiger partial charge in [-0.25, -0.2) is 9.78 Å². The molecule has 0 aliphatic heterocycles. The first-order valence-electron chi connectivity index (χ1n) is 5.44. The predicted molar refractivity (Wildman–Crippen MR) is 65.3 cm³/mol. The lowest BCUT2D eigenvalue weighted by atomic mass is 10.1. The Hall–Kier alpha value is -2.04. The van der Waals surface area contributed by atoms with E-state index in [1.165, 1.54) is 7.11 Å². The summed E-state index contributed by atoms with van der Waals surface area (Å²) in [6.07, 6.45) is 3.26. The van der Waals surface area contributed by atoms with Crippen LogP contribution >= 0.6 is 0 Å². The maximum Gasteiger partial charge on any atom is 0.411 e. The van der Waals surface area contributed by atoms with Crippen LogP contribution in [0, 0.1) is 0 Å². The number of hydrogen-bond donors (Lipinski definition) is 1. The number of ether oxygens (including phenoxy) is 1. The maximum atomic E-state index is 11.2. The van der Waals surface area contributed by atoms with Crippen molar-refractivity contribution in [2.75, 3.05) is 12.4 Å². The molecule has 2 aromatic heterocycles. The second kappa shape index (κ2) is 4.45. The van der Waals surface area contributed by atoms with Crippen molar-refractivity contribution in [3.05, 3.63) is 30.2 Å². The Balaban J connectivity index is 2.48. The minimum atomic E-state index is -0.493. The number of aromatic nitrogens is 2. The molecule has 0 saturated heterocycles. The van der Waals surface area contributed by atoms with E-state index in [1.807, 2.05) is 22.9 Å². The molecule has 0 aliphatic carbocycles. The van der Waals surface area contributed by atoms with Gasteiger partial charge in [-0.05, 0) is 18.1 Å². The standard InChI is InChI=1S/C12H15N3O2/c1-8(2)10-7-13-11-9(14-12(16)17-3)5-4-6-15(10)11/h4-8H,1-3H3,(H,14,16). The summed E-state index contributed by atoms with van der Waals surface area (Å²) in [4.78, 5) is 15.5. The fourth-order valence-electron chi connectivity index (χ4n) is 1.72. The highest BCUT2D eigenvalue weighted by Crippen LogP contribution is 2.21. The Morgan fingerprint density at radius 2 is 2.29 bits per heavy atom. The molecule has 5 heteroatoms. The number of amides is 1. The predicted octanol–water partition coefficient (Wildman–Crippen LogP) is 2.64. The van der Waals surface area contributed by atoms with Crippen LogP contribution in [0.2, 0.25) is 0 Å². The van der Waals surface area contributed by atoms with Crippen molar-refractivity contribution in [1.29, 1.82) is 0 Å². The van der Waals surface area contributed by atoms with Gasteiger partial charge in [-0.15, -0.1) is 0 Å². The average Bonchev–Trinajstić information content (AvgIpc) is 2.73. The number of fused-ring (bicyclic) bond motifs is 1. The van der Waals surface area contributed by atoms with Gasteiger partial charge in [-0.3, -0.25) is 5.32 Å². The quantitative estimate of drug-likeness (QED) is 0.867. The second-order valence-electron chi connectivity index (χ2n) is 4.07. The van der Waals surface area contributed by atoms with E-state index in [2.05, 4.69) is 28.9 Å². The molecule has 0 radical (unpaired) electrons. The van der Waals surface area contributed by atoms with E-state index in [0.29, 0.717) is 11.6 Å². The third-order valence-electron chi connectivity index (χ3n) is 2.58. The molecule has 2 aromatic rings. The zero-order chi connectivity index (χ0) is 12.4. The van der Waals surface area contributed by atoms with E-state index in [-0.39, 0.29) is 0 Å². The van der Waals surface area contributed by atoms with Crippen molar-refractivity contribution in [2.45, 2.75) is 19.8 Å². The molecule has 2 heterocycles. The van der Waals surface area contributed by atoms with Crippen LogP contribution < -0.4 is 5.32 Å². The number of rotatable bonds is 2. The minimum Gasteiger partial charge on any atom is -0.453 e. The van der Waals surface area contributed by atoms with E-state index in [1.54, 1.807) is 6.07 Å². The summed E-state index contributed by atoms with van der Waals surface area (Å²) in [5.41, 5.74) is 2.47. The van der Waals surface area contributed by atoms with Gasteiger partial charge in [-0.2, -0.15) is 0 Å². The lowest BCUT2D eigenvalue weighted by Crippen LogP contribution is -2.12. The van der Waals surface area contributed by atoms with Crippen LogP contribution in [0.4, 0.5) is 10.5 Å². The van der Waals surface area contributed by atoms with Gasteiger partial charge in [0.15, 0.2) is 5.65 Å². The van der Waals surface area contributed by atoms with E-state index >= 15 is 0 Å². The normalized spacial score (nSPS) is 10.8. The molecule has 0 aliphatic rings. The smallest absolute Gasteiger partial charge is 0.411 e. The molecule has 0 fully saturated rings. The average molecular weight is 233 g/mol. The van der Waals surface area contributed by atoms with Crippen molar-refractivity contribution < 1.29 is 9.53 Å². The molecule has 5 nitrogen and oxygen atoms in total. The van der Waals surface area contributed by atoms with Crippen LogP contribution in [0.3, 0.4) is 0 Å². The Labute approximate surface area is 99.4 Å². The third kappa shape index (κ3) is 2.08. The van der Waals surface area contributed by atoms with E-state index < -0.39 is 6.09 Å². The van der Waals surface area contributed by atoms with Crippen LogP contribution in [-0.2, 0) is 4.74 Å². The first-order chi connectivity index (χ1) is 8.13. The molecule has 17 heavy (non-hydrogen) atoms. The molecular weight excluding hydrogens is 218 g/mol. The third-order valence-corrected chi connectivity index (χ3v) is 2.58. The van der Waals surface area contributed by atoms with Gasteiger partial charge >= 0.3 is 6.09 Å². The highest BCUT2D eigenvalue weighted by molar-refractivity contribution is 5.89. The summed E-state index contributed by atoms with van der Waals surface area (Å²) in [5.74, 6) is 0.373. The molecule has 0 spiro atoms. The maximum absolute atomic E-state index is 11.2. The second-order valence-corrected chi connectivity index (χ2v) is 4.07. The Kier molecular flexibility index (Phi) is 2.99. The summed E-state index contributed by atoms with van der Waals surface area (Å²) < 4.78 is 6.54.